The summed E-state index contributed by atoms with van der Waals surface area (Å²) in [6.45, 7) is 2.89. The van der Waals surface area contributed by atoms with Crippen LogP contribution in [0.1, 0.15) is 54.5 Å². The molecular weight excluding hydrogens is 408 g/mol. The Balaban J connectivity index is 1.19. The van der Waals surface area contributed by atoms with Gasteiger partial charge >= 0.3 is 6.03 Å². The van der Waals surface area contributed by atoms with E-state index >= 15 is 0 Å². The van der Waals surface area contributed by atoms with Crippen molar-refractivity contribution in [2.75, 3.05) is 12.3 Å². The fourth-order valence-corrected chi connectivity index (χ4v) is 8.44. The Kier molecular flexibility index (Phi) is 5.61. The highest BCUT2D eigenvalue weighted by atomic mass is 32.2. The molecule has 4 aliphatic rings. The molecule has 5 heteroatoms. The summed E-state index contributed by atoms with van der Waals surface area (Å²) < 4.78 is 0. The second-order valence-corrected chi connectivity index (χ2v) is 12.0. The molecule has 1 heterocycles. The molecule has 6 rings (SSSR count). The van der Waals surface area contributed by atoms with Gasteiger partial charge in [0, 0.05) is 28.5 Å². The first-order valence-corrected chi connectivity index (χ1v) is 13.3. The first kappa shape index (κ1) is 20.4. The summed E-state index contributed by atoms with van der Waals surface area (Å²) in [7, 11) is 0. The Morgan fingerprint density at radius 1 is 1.13 bits per heavy atom. The molecule has 1 aromatic carbocycles. The normalized spacial score (nSPS) is 31.6. The molecule has 3 nitrogen and oxygen atoms in total. The standard InChI is InChI=1S/C25H32N2OS2/c1-18-4-6-21(7-5-18)24-12-19-11-20(13-24)15-25(14-19,17-24)27-23(28)26-8-10-29-16-22-3-2-9-30-22/h2-7,9,19-20H,8,10-17H2,1H3,(H2,26,27,28)/t19-,20-,24?,25?/m1/s1. The lowest BCUT2D eigenvalue weighted by molar-refractivity contribution is -0.0349. The van der Waals surface area contributed by atoms with Gasteiger partial charge in [-0.1, -0.05) is 35.9 Å². The molecule has 0 spiro atoms. The van der Waals surface area contributed by atoms with Gasteiger partial charge in [-0.3, -0.25) is 0 Å². The maximum absolute atomic E-state index is 12.8. The SMILES string of the molecule is Cc1ccc(C23C[C@H]4C[C@@H](CC(NC(=O)NCCSCc5cccs5)(C4)C2)C3)cc1. The van der Waals surface area contributed by atoms with Gasteiger partial charge in [0.15, 0.2) is 0 Å². The molecule has 4 bridgehead atoms. The van der Waals surface area contributed by atoms with E-state index in [1.54, 1.807) is 11.3 Å². The molecule has 2 atom stereocenters. The van der Waals surface area contributed by atoms with E-state index < -0.39 is 0 Å². The fraction of sp³-hybridized carbons (Fsp3) is 0.560. The molecule has 2 amide bonds. The molecule has 160 valence electrons. The third-order valence-electron chi connectivity index (χ3n) is 7.46. The highest BCUT2D eigenvalue weighted by Crippen LogP contribution is 2.62. The summed E-state index contributed by atoms with van der Waals surface area (Å²) in [6, 6.07) is 13.5. The molecule has 1 aromatic heterocycles. The first-order chi connectivity index (χ1) is 14.5. The van der Waals surface area contributed by atoms with Crippen LogP contribution in [0.2, 0.25) is 0 Å². The first-order valence-electron chi connectivity index (χ1n) is 11.3. The van der Waals surface area contributed by atoms with Gasteiger partial charge in [-0.05, 0) is 79.7 Å². The molecule has 4 aliphatic carbocycles. The Bertz CT molecular complexity index is 863. The van der Waals surface area contributed by atoms with Crippen LogP contribution in [0.3, 0.4) is 0 Å². The number of urea groups is 1. The van der Waals surface area contributed by atoms with Crippen LogP contribution in [0, 0.1) is 18.8 Å². The lowest BCUT2D eigenvalue weighted by Gasteiger charge is -2.62. The van der Waals surface area contributed by atoms with Gasteiger partial charge in [-0.15, -0.1) is 11.3 Å². The minimum Gasteiger partial charge on any atom is -0.337 e. The van der Waals surface area contributed by atoms with E-state index in [4.69, 9.17) is 0 Å². The number of benzene rings is 1. The van der Waals surface area contributed by atoms with Gasteiger partial charge in [-0.25, -0.2) is 4.79 Å². The van der Waals surface area contributed by atoms with Crippen molar-refractivity contribution >= 4 is 29.1 Å². The molecule has 0 unspecified atom stereocenters. The van der Waals surface area contributed by atoms with E-state index in [1.165, 1.54) is 35.3 Å². The largest absolute Gasteiger partial charge is 0.337 e. The van der Waals surface area contributed by atoms with Crippen molar-refractivity contribution in [1.82, 2.24) is 10.6 Å². The van der Waals surface area contributed by atoms with Crippen molar-refractivity contribution in [3.05, 3.63) is 57.8 Å². The monoisotopic (exact) mass is 440 g/mol. The Labute approximate surface area is 188 Å². The Hall–Kier alpha value is -1.46. The number of thiophene rings is 1. The zero-order valence-electron chi connectivity index (χ0n) is 17.8. The van der Waals surface area contributed by atoms with Gasteiger partial charge in [0.2, 0.25) is 0 Å². The van der Waals surface area contributed by atoms with Crippen molar-refractivity contribution < 1.29 is 4.79 Å². The fourth-order valence-electron chi connectivity index (χ4n) is 6.74. The summed E-state index contributed by atoms with van der Waals surface area (Å²) in [4.78, 5) is 14.2. The molecule has 2 N–H and O–H groups in total. The molecule has 0 saturated heterocycles. The predicted molar refractivity (Wildman–Crippen MR) is 127 cm³/mol. The maximum atomic E-state index is 12.8. The summed E-state index contributed by atoms with van der Waals surface area (Å²) in [6.07, 6.45) is 7.40. The van der Waals surface area contributed by atoms with Gasteiger partial charge in [0.05, 0.1) is 0 Å². The van der Waals surface area contributed by atoms with E-state index in [9.17, 15) is 4.79 Å². The lowest BCUT2D eigenvalue weighted by atomic mass is 9.45. The van der Waals surface area contributed by atoms with Crippen molar-refractivity contribution in [1.29, 1.82) is 0 Å². The number of thioether (sulfide) groups is 1. The zero-order valence-corrected chi connectivity index (χ0v) is 19.4. The minimum atomic E-state index is -0.0107. The van der Waals surface area contributed by atoms with Crippen molar-refractivity contribution in [2.45, 2.75) is 62.2 Å². The third-order valence-corrected chi connectivity index (χ3v) is 9.53. The number of aryl methyl sites for hydroxylation is 1. The van der Waals surface area contributed by atoms with Crippen LogP contribution < -0.4 is 10.6 Å². The number of hydrogen-bond donors (Lipinski definition) is 2. The van der Waals surface area contributed by atoms with Crippen molar-refractivity contribution in [3.8, 4) is 0 Å². The van der Waals surface area contributed by atoms with Crippen LogP contribution in [0.25, 0.3) is 0 Å². The third kappa shape index (κ3) is 4.16. The summed E-state index contributed by atoms with van der Waals surface area (Å²) in [5.74, 6) is 3.51. The average Bonchev–Trinajstić information content (AvgIpc) is 3.20. The number of carbonyl (C=O) groups excluding carboxylic acids is 1. The van der Waals surface area contributed by atoms with Gasteiger partial charge < -0.3 is 10.6 Å². The predicted octanol–water partition coefficient (Wildman–Crippen LogP) is 5.88. The summed E-state index contributed by atoms with van der Waals surface area (Å²) in [5.41, 5.74) is 3.08. The molecule has 4 saturated carbocycles. The number of amides is 2. The highest BCUT2D eigenvalue weighted by Gasteiger charge is 2.58. The van der Waals surface area contributed by atoms with Crippen LogP contribution >= 0.6 is 23.1 Å². The zero-order chi connectivity index (χ0) is 20.6. The van der Waals surface area contributed by atoms with E-state index in [2.05, 4.69) is 59.3 Å². The Morgan fingerprint density at radius 2 is 1.90 bits per heavy atom. The Morgan fingerprint density at radius 3 is 2.60 bits per heavy atom. The number of rotatable bonds is 7. The minimum absolute atomic E-state index is 0.0107. The molecule has 0 radical (unpaired) electrons. The van der Waals surface area contributed by atoms with Crippen LogP contribution in [0.15, 0.2) is 41.8 Å². The quantitative estimate of drug-likeness (QED) is 0.528. The molecule has 30 heavy (non-hydrogen) atoms. The van der Waals surface area contributed by atoms with Crippen LogP contribution in [0.5, 0.6) is 0 Å². The van der Waals surface area contributed by atoms with E-state index in [0.29, 0.717) is 0 Å². The average molecular weight is 441 g/mol. The van der Waals surface area contributed by atoms with E-state index in [1.807, 2.05) is 11.8 Å². The lowest BCUT2D eigenvalue weighted by Crippen LogP contribution is -2.65. The smallest absolute Gasteiger partial charge is 0.315 e. The van der Waals surface area contributed by atoms with Gasteiger partial charge in [0.1, 0.15) is 0 Å². The summed E-state index contributed by atoms with van der Waals surface area (Å²) in [5, 5.41) is 8.73. The van der Waals surface area contributed by atoms with Crippen LogP contribution in [-0.4, -0.2) is 23.9 Å². The number of carbonyl (C=O) groups is 1. The van der Waals surface area contributed by atoms with E-state index in [-0.39, 0.29) is 17.0 Å². The van der Waals surface area contributed by atoms with E-state index in [0.717, 1.165) is 49.1 Å². The molecule has 2 aromatic rings. The van der Waals surface area contributed by atoms with Crippen LogP contribution in [-0.2, 0) is 11.2 Å². The van der Waals surface area contributed by atoms with Crippen molar-refractivity contribution in [2.24, 2.45) is 11.8 Å². The number of nitrogens with one attached hydrogen (secondary N) is 2. The topological polar surface area (TPSA) is 41.1 Å². The summed E-state index contributed by atoms with van der Waals surface area (Å²) >= 11 is 3.69. The van der Waals surface area contributed by atoms with Gasteiger partial charge in [-0.2, -0.15) is 11.8 Å². The second-order valence-electron chi connectivity index (χ2n) is 9.90. The van der Waals surface area contributed by atoms with Crippen LogP contribution in [0.4, 0.5) is 4.79 Å². The molecule has 4 fully saturated rings. The maximum Gasteiger partial charge on any atom is 0.315 e. The second kappa shape index (κ2) is 8.23. The van der Waals surface area contributed by atoms with Gasteiger partial charge in [0.25, 0.3) is 0 Å². The van der Waals surface area contributed by atoms with Crippen molar-refractivity contribution in [3.63, 3.8) is 0 Å². The molecule has 0 aliphatic heterocycles. The highest BCUT2D eigenvalue weighted by molar-refractivity contribution is 7.98. The number of hydrogen-bond acceptors (Lipinski definition) is 3. The molecular formula is C25H32N2OS2.